The molecule has 6 heteroatoms. The number of rotatable bonds is 7. The standard InChI is InChI=1S/C22H17NO4S/c24-22(25)18-14-28-21(23-18)20-17-9-5-4-6-15(17)10-11-19(20)27-13-12-26-16-7-2-1-3-8-16/h1-11,14H,12-13H2,(H,24,25). The van der Waals surface area contributed by atoms with Crippen molar-refractivity contribution in [2.24, 2.45) is 0 Å². The first kappa shape index (κ1) is 18.0. The minimum atomic E-state index is -1.04. The van der Waals surface area contributed by atoms with E-state index in [0.717, 1.165) is 22.1 Å². The summed E-state index contributed by atoms with van der Waals surface area (Å²) in [7, 11) is 0. The van der Waals surface area contributed by atoms with E-state index >= 15 is 0 Å². The molecular formula is C22H17NO4S. The SMILES string of the molecule is O=C(O)c1csc(-c2c(OCCOc3ccccc3)ccc3ccccc23)n1. The number of nitrogens with zero attached hydrogens (tertiary/aromatic N) is 1. The maximum absolute atomic E-state index is 11.2. The summed E-state index contributed by atoms with van der Waals surface area (Å²) < 4.78 is 11.7. The lowest BCUT2D eigenvalue weighted by Crippen LogP contribution is -2.09. The fraction of sp³-hybridized carbons (Fsp3) is 0.0909. The van der Waals surface area contributed by atoms with Crippen molar-refractivity contribution in [2.75, 3.05) is 13.2 Å². The third-order valence-corrected chi connectivity index (χ3v) is 5.04. The summed E-state index contributed by atoms with van der Waals surface area (Å²) in [5.74, 6) is 0.402. The number of aromatic carboxylic acids is 1. The molecule has 0 aliphatic rings. The van der Waals surface area contributed by atoms with Crippen molar-refractivity contribution in [1.29, 1.82) is 0 Å². The van der Waals surface area contributed by atoms with E-state index in [9.17, 15) is 9.90 Å². The summed E-state index contributed by atoms with van der Waals surface area (Å²) in [5, 5.41) is 13.4. The van der Waals surface area contributed by atoms with Gasteiger partial charge in [-0.15, -0.1) is 11.3 Å². The average molecular weight is 391 g/mol. The molecule has 0 saturated heterocycles. The monoisotopic (exact) mass is 391 g/mol. The van der Waals surface area contributed by atoms with Gasteiger partial charge in [0.25, 0.3) is 0 Å². The number of hydrogen-bond acceptors (Lipinski definition) is 5. The van der Waals surface area contributed by atoms with Crippen LogP contribution in [0.4, 0.5) is 0 Å². The van der Waals surface area contributed by atoms with Crippen LogP contribution in [0.1, 0.15) is 10.5 Å². The number of ether oxygens (including phenoxy) is 2. The lowest BCUT2D eigenvalue weighted by Gasteiger charge is -2.13. The van der Waals surface area contributed by atoms with Gasteiger partial charge in [0.05, 0.1) is 5.56 Å². The highest BCUT2D eigenvalue weighted by atomic mass is 32.1. The van der Waals surface area contributed by atoms with E-state index in [-0.39, 0.29) is 5.69 Å². The molecule has 1 aromatic heterocycles. The van der Waals surface area contributed by atoms with Gasteiger partial charge in [-0.3, -0.25) is 0 Å². The Labute approximate surface area is 165 Å². The van der Waals surface area contributed by atoms with Gasteiger partial charge in [-0.05, 0) is 29.0 Å². The van der Waals surface area contributed by atoms with E-state index in [4.69, 9.17) is 9.47 Å². The number of carboxylic acids is 1. The molecule has 0 bridgehead atoms. The highest BCUT2D eigenvalue weighted by Crippen LogP contribution is 2.38. The van der Waals surface area contributed by atoms with Crippen molar-refractivity contribution < 1.29 is 19.4 Å². The van der Waals surface area contributed by atoms with Crippen molar-refractivity contribution in [2.45, 2.75) is 0 Å². The Kier molecular flexibility index (Phi) is 5.21. The van der Waals surface area contributed by atoms with E-state index in [0.29, 0.717) is 24.0 Å². The molecule has 5 nitrogen and oxygen atoms in total. The van der Waals surface area contributed by atoms with E-state index in [1.54, 1.807) is 5.38 Å². The molecule has 3 aromatic carbocycles. The first-order chi connectivity index (χ1) is 13.7. The van der Waals surface area contributed by atoms with E-state index < -0.39 is 5.97 Å². The zero-order valence-corrected chi connectivity index (χ0v) is 15.7. The summed E-state index contributed by atoms with van der Waals surface area (Å²) in [6.07, 6.45) is 0. The Morgan fingerprint density at radius 2 is 1.68 bits per heavy atom. The summed E-state index contributed by atoms with van der Waals surface area (Å²) >= 11 is 1.29. The third kappa shape index (κ3) is 3.82. The average Bonchev–Trinajstić information content (AvgIpc) is 3.22. The number of thiazole rings is 1. The zero-order chi connectivity index (χ0) is 19.3. The van der Waals surface area contributed by atoms with Gasteiger partial charge in [-0.2, -0.15) is 0 Å². The molecule has 0 aliphatic carbocycles. The second-order valence-corrected chi connectivity index (χ2v) is 6.87. The lowest BCUT2D eigenvalue weighted by molar-refractivity contribution is 0.0691. The van der Waals surface area contributed by atoms with Crippen molar-refractivity contribution in [3.05, 3.63) is 77.8 Å². The lowest BCUT2D eigenvalue weighted by atomic mass is 10.0. The van der Waals surface area contributed by atoms with Crippen LogP contribution < -0.4 is 9.47 Å². The zero-order valence-electron chi connectivity index (χ0n) is 14.9. The number of carboxylic acid groups (broad SMARTS) is 1. The molecule has 0 amide bonds. The molecule has 0 unspecified atom stereocenters. The van der Waals surface area contributed by atoms with Gasteiger partial charge >= 0.3 is 5.97 Å². The number of para-hydroxylation sites is 1. The van der Waals surface area contributed by atoms with Crippen LogP contribution in [0.3, 0.4) is 0 Å². The van der Waals surface area contributed by atoms with E-state index in [2.05, 4.69) is 4.98 Å². The van der Waals surface area contributed by atoms with Gasteiger partial charge in [0.2, 0.25) is 0 Å². The minimum absolute atomic E-state index is 0.0336. The Hall–Kier alpha value is -3.38. The second kappa shape index (κ2) is 8.10. The number of hydrogen-bond donors (Lipinski definition) is 1. The highest BCUT2D eigenvalue weighted by molar-refractivity contribution is 7.13. The van der Waals surface area contributed by atoms with Gasteiger partial charge in [0, 0.05) is 5.38 Å². The normalized spacial score (nSPS) is 10.7. The molecule has 0 atom stereocenters. The van der Waals surface area contributed by atoms with Gasteiger partial charge in [-0.25, -0.2) is 9.78 Å². The summed E-state index contributed by atoms with van der Waals surface area (Å²) in [5.41, 5.74) is 0.835. The number of carbonyl (C=O) groups is 1. The molecular weight excluding hydrogens is 374 g/mol. The van der Waals surface area contributed by atoms with Crippen molar-refractivity contribution in [1.82, 2.24) is 4.98 Å². The molecule has 0 spiro atoms. The summed E-state index contributed by atoms with van der Waals surface area (Å²) in [4.78, 5) is 15.5. The van der Waals surface area contributed by atoms with Crippen molar-refractivity contribution in [3.8, 4) is 22.1 Å². The fourth-order valence-electron chi connectivity index (χ4n) is 2.91. The van der Waals surface area contributed by atoms with Crippen LogP contribution in [0.5, 0.6) is 11.5 Å². The summed E-state index contributed by atoms with van der Waals surface area (Å²) in [6.45, 7) is 0.756. The van der Waals surface area contributed by atoms with Crippen LogP contribution in [0.15, 0.2) is 72.1 Å². The number of benzene rings is 3. The van der Waals surface area contributed by atoms with Crippen LogP contribution in [-0.2, 0) is 0 Å². The number of fused-ring (bicyclic) bond motifs is 1. The quantitative estimate of drug-likeness (QED) is 0.443. The van der Waals surface area contributed by atoms with Gasteiger partial charge in [0.1, 0.15) is 29.7 Å². The molecule has 0 fully saturated rings. The Morgan fingerprint density at radius 3 is 2.46 bits per heavy atom. The molecule has 28 heavy (non-hydrogen) atoms. The predicted molar refractivity (Wildman–Crippen MR) is 109 cm³/mol. The molecule has 4 rings (SSSR count). The van der Waals surface area contributed by atoms with Gasteiger partial charge in [-0.1, -0.05) is 48.5 Å². The first-order valence-electron chi connectivity index (χ1n) is 8.74. The predicted octanol–water partition coefficient (Wildman–Crippen LogP) is 5.12. The molecule has 0 saturated carbocycles. The fourth-order valence-corrected chi connectivity index (χ4v) is 3.76. The molecule has 4 aromatic rings. The Balaban J connectivity index is 1.61. The van der Waals surface area contributed by atoms with Crippen LogP contribution in [0.25, 0.3) is 21.3 Å². The maximum Gasteiger partial charge on any atom is 0.355 e. The molecule has 1 heterocycles. The Morgan fingerprint density at radius 1 is 0.929 bits per heavy atom. The maximum atomic E-state index is 11.2. The molecule has 0 aliphatic heterocycles. The van der Waals surface area contributed by atoms with Gasteiger partial charge < -0.3 is 14.6 Å². The minimum Gasteiger partial charge on any atom is -0.490 e. The van der Waals surface area contributed by atoms with E-state index in [1.165, 1.54) is 11.3 Å². The number of aromatic nitrogens is 1. The van der Waals surface area contributed by atoms with Crippen LogP contribution in [-0.4, -0.2) is 29.3 Å². The third-order valence-electron chi connectivity index (χ3n) is 4.18. The Bertz CT molecular complexity index is 1110. The van der Waals surface area contributed by atoms with Gasteiger partial charge in [0.15, 0.2) is 5.69 Å². The first-order valence-corrected chi connectivity index (χ1v) is 9.62. The molecule has 1 N–H and O–H groups in total. The largest absolute Gasteiger partial charge is 0.490 e. The topological polar surface area (TPSA) is 68.7 Å². The van der Waals surface area contributed by atoms with Crippen LogP contribution in [0, 0.1) is 0 Å². The van der Waals surface area contributed by atoms with Crippen molar-refractivity contribution >= 4 is 28.1 Å². The smallest absolute Gasteiger partial charge is 0.355 e. The highest BCUT2D eigenvalue weighted by Gasteiger charge is 2.17. The summed E-state index contributed by atoms with van der Waals surface area (Å²) in [6, 6.07) is 21.3. The van der Waals surface area contributed by atoms with Crippen LogP contribution in [0.2, 0.25) is 0 Å². The van der Waals surface area contributed by atoms with Crippen LogP contribution >= 0.6 is 11.3 Å². The molecule has 140 valence electrons. The van der Waals surface area contributed by atoms with E-state index in [1.807, 2.05) is 66.7 Å². The second-order valence-electron chi connectivity index (χ2n) is 6.01. The van der Waals surface area contributed by atoms with Crippen molar-refractivity contribution in [3.63, 3.8) is 0 Å². The molecule has 0 radical (unpaired) electrons.